The van der Waals surface area contributed by atoms with Gasteiger partial charge in [0.25, 0.3) is 0 Å². The van der Waals surface area contributed by atoms with Crippen LogP contribution in [-0.2, 0) is 4.79 Å². The molecule has 0 bridgehead atoms. The van der Waals surface area contributed by atoms with Crippen molar-refractivity contribution in [2.24, 2.45) is 11.8 Å². The molecule has 1 aromatic carbocycles. The summed E-state index contributed by atoms with van der Waals surface area (Å²) in [6, 6.07) is 6.91. The second kappa shape index (κ2) is 10.3. The Bertz CT molecular complexity index is 630. The molecule has 1 aliphatic rings. The lowest BCUT2D eigenvalue weighted by Gasteiger charge is -2.22. The summed E-state index contributed by atoms with van der Waals surface area (Å²) in [5.41, 5.74) is 0.547. The molecule has 0 heterocycles. The van der Waals surface area contributed by atoms with Gasteiger partial charge in [-0.1, -0.05) is 24.3 Å². The van der Waals surface area contributed by atoms with E-state index in [9.17, 15) is 14.7 Å². The van der Waals surface area contributed by atoms with Crippen LogP contribution in [0.4, 0.5) is 0 Å². The van der Waals surface area contributed by atoms with Gasteiger partial charge in [-0.3, -0.25) is 9.59 Å². The third-order valence-corrected chi connectivity index (χ3v) is 5.25. The predicted octanol–water partition coefficient (Wildman–Crippen LogP) is 3.68. The molecule has 0 spiro atoms. The van der Waals surface area contributed by atoms with Crippen LogP contribution in [0, 0.1) is 11.8 Å². The van der Waals surface area contributed by atoms with Gasteiger partial charge in [-0.25, -0.2) is 0 Å². The third-order valence-electron chi connectivity index (χ3n) is 4.75. The van der Waals surface area contributed by atoms with E-state index < -0.39 is 12.1 Å². The summed E-state index contributed by atoms with van der Waals surface area (Å²) in [5, 5.41) is 18.8. The second-order valence-electron chi connectivity index (χ2n) is 6.64. The number of halogens is 1. The van der Waals surface area contributed by atoms with Gasteiger partial charge in [-0.2, -0.15) is 0 Å². The fourth-order valence-corrected chi connectivity index (χ4v) is 3.78. The number of carbonyl (C=O) groups is 2. The zero-order chi connectivity index (χ0) is 18.9. The number of aliphatic hydroxyl groups excluding tert-OH is 1. The number of carbonyl (C=O) groups excluding carboxylic acids is 1. The zero-order valence-corrected chi connectivity index (χ0v) is 15.3. The topological polar surface area (TPSA) is 83.8 Å². The number of unbranched alkanes of at least 4 members (excludes halogenated alkanes) is 1. The highest BCUT2D eigenvalue weighted by molar-refractivity contribution is 6.21. The summed E-state index contributed by atoms with van der Waals surface area (Å²) in [4.78, 5) is 21.3. The predicted molar refractivity (Wildman–Crippen MR) is 99.8 cm³/mol. The van der Waals surface area contributed by atoms with Gasteiger partial charge in [0.1, 0.15) is 12.0 Å². The number of hydrogen-bond donors (Lipinski definition) is 2. The molecule has 2 N–H and O–H groups in total. The quantitative estimate of drug-likeness (QED) is 0.280. The van der Waals surface area contributed by atoms with Crippen molar-refractivity contribution < 1.29 is 24.5 Å². The number of allylic oxidation sites excluding steroid dienone is 2. The molecule has 1 aromatic rings. The number of rotatable bonds is 10. The Labute approximate surface area is 158 Å². The number of benzene rings is 1. The lowest BCUT2D eigenvalue weighted by molar-refractivity contribution is -0.137. The average molecular weight is 381 g/mol. The maximum absolute atomic E-state index is 10.8. The van der Waals surface area contributed by atoms with Crippen LogP contribution in [0.1, 0.15) is 42.5 Å². The van der Waals surface area contributed by atoms with Crippen molar-refractivity contribution in [3.8, 4) is 5.75 Å². The van der Waals surface area contributed by atoms with Crippen LogP contribution in [-0.4, -0.2) is 40.6 Å². The molecule has 0 saturated heterocycles. The molecule has 2 rings (SSSR count). The molecule has 142 valence electrons. The molecule has 0 amide bonds. The first kappa shape index (κ1) is 20.5. The molecule has 4 atom stereocenters. The Morgan fingerprint density at radius 2 is 2.12 bits per heavy atom. The Hall–Kier alpha value is -1.85. The van der Waals surface area contributed by atoms with E-state index in [1.54, 1.807) is 24.3 Å². The maximum Gasteiger partial charge on any atom is 0.303 e. The smallest absolute Gasteiger partial charge is 0.303 e. The van der Waals surface area contributed by atoms with Crippen molar-refractivity contribution in [2.45, 2.75) is 43.6 Å². The van der Waals surface area contributed by atoms with Crippen LogP contribution >= 0.6 is 11.6 Å². The Morgan fingerprint density at radius 1 is 1.31 bits per heavy atom. The minimum Gasteiger partial charge on any atom is -0.493 e. The van der Waals surface area contributed by atoms with Gasteiger partial charge in [0, 0.05) is 23.3 Å². The molecule has 6 heteroatoms. The van der Waals surface area contributed by atoms with E-state index in [0.717, 1.165) is 12.7 Å². The minimum atomic E-state index is -0.783. The zero-order valence-electron chi connectivity index (χ0n) is 14.6. The van der Waals surface area contributed by atoms with Gasteiger partial charge >= 0.3 is 5.97 Å². The molecule has 1 fully saturated rings. The molecule has 26 heavy (non-hydrogen) atoms. The summed E-state index contributed by atoms with van der Waals surface area (Å²) < 4.78 is 5.79. The number of aliphatic carboxylic acids is 1. The minimum absolute atomic E-state index is 0.0824. The standard InChI is InChI=1S/C20H25ClO5/c21-18-11-19(23)17(13-26-15-7-5-6-14(10-15)12-22)16(18)8-3-1-2-4-9-20(24)25/h1,3,5-7,10,12,16-19,23H,2,4,8-9,11,13H2,(H,24,25)/t16-,17-,18-,19-/m1/s1. The normalized spacial score (nSPS) is 25.5. The molecule has 0 aliphatic heterocycles. The number of carboxylic acid groups (broad SMARTS) is 1. The van der Waals surface area contributed by atoms with Crippen LogP contribution in [0.3, 0.4) is 0 Å². The molecular formula is C20H25ClO5. The molecular weight excluding hydrogens is 356 g/mol. The third kappa shape index (κ3) is 6.15. The van der Waals surface area contributed by atoms with Crippen molar-refractivity contribution in [3.05, 3.63) is 42.0 Å². The highest BCUT2D eigenvalue weighted by Crippen LogP contribution is 2.39. The first-order valence-electron chi connectivity index (χ1n) is 8.88. The molecule has 0 radical (unpaired) electrons. The van der Waals surface area contributed by atoms with Crippen molar-refractivity contribution in [1.82, 2.24) is 0 Å². The molecule has 0 aromatic heterocycles. The average Bonchev–Trinajstić information content (AvgIpc) is 2.89. The lowest BCUT2D eigenvalue weighted by Crippen LogP contribution is -2.27. The SMILES string of the molecule is O=Cc1cccc(OC[C@@H]2[C@@H](CC=CCCCC(=O)O)[C@H](Cl)C[C@H]2O)c1. The van der Waals surface area contributed by atoms with E-state index in [2.05, 4.69) is 0 Å². The number of alkyl halides is 1. The van der Waals surface area contributed by atoms with E-state index in [4.69, 9.17) is 21.4 Å². The largest absolute Gasteiger partial charge is 0.493 e. The van der Waals surface area contributed by atoms with Crippen LogP contribution in [0.25, 0.3) is 0 Å². The van der Waals surface area contributed by atoms with Gasteiger partial charge in [-0.15, -0.1) is 11.6 Å². The van der Waals surface area contributed by atoms with E-state index >= 15 is 0 Å². The van der Waals surface area contributed by atoms with Crippen molar-refractivity contribution >= 4 is 23.9 Å². The fourth-order valence-electron chi connectivity index (χ4n) is 3.30. The highest BCUT2D eigenvalue weighted by Gasteiger charge is 2.41. The van der Waals surface area contributed by atoms with Gasteiger partial charge in [0.15, 0.2) is 0 Å². The van der Waals surface area contributed by atoms with Crippen LogP contribution in [0.5, 0.6) is 5.75 Å². The summed E-state index contributed by atoms with van der Waals surface area (Å²) in [5.74, 6) is -0.172. The Morgan fingerprint density at radius 3 is 2.85 bits per heavy atom. The summed E-state index contributed by atoms with van der Waals surface area (Å²) in [7, 11) is 0. The Kier molecular flexibility index (Phi) is 8.13. The van der Waals surface area contributed by atoms with E-state index in [1.165, 1.54) is 0 Å². The van der Waals surface area contributed by atoms with Crippen LogP contribution in [0.15, 0.2) is 36.4 Å². The monoisotopic (exact) mass is 380 g/mol. The lowest BCUT2D eigenvalue weighted by atomic mass is 9.92. The van der Waals surface area contributed by atoms with Crippen molar-refractivity contribution in [1.29, 1.82) is 0 Å². The van der Waals surface area contributed by atoms with Crippen LogP contribution < -0.4 is 4.74 Å². The summed E-state index contributed by atoms with van der Waals surface area (Å²) in [6.07, 6.45) is 6.99. The number of aldehydes is 1. The molecule has 5 nitrogen and oxygen atoms in total. The van der Waals surface area contributed by atoms with E-state index in [-0.39, 0.29) is 23.6 Å². The van der Waals surface area contributed by atoms with Crippen molar-refractivity contribution in [3.63, 3.8) is 0 Å². The number of ether oxygens (including phenoxy) is 1. The fraction of sp³-hybridized carbons (Fsp3) is 0.500. The van der Waals surface area contributed by atoms with Gasteiger partial charge in [0.05, 0.1) is 12.7 Å². The van der Waals surface area contributed by atoms with E-state index in [1.807, 2.05) is 12.2 Å². The van der Waals surface area contributed by atoms with Crippen LogP contribution in [0.2, 0.25) is 0 Å². The summed E-state index contributed by atoms with van der Waals surface area (Å²) in [6.45, 7) is 0.338. The highest BCUT2D eigenvalue weighted by atomic mass is 35.5. The first-order chi connectivity index (χ1) is 12.5. The number of carboxylic acids is 1. The summed E-state index contributed by atoms with van der Waals surface area (Å²) >= 11 is 6.41. The van der Waals surface area contributed by atoms with Gasteiger partial charge in [0.2, 0.25) is 0 Å². The Balaban J connectivity index is 1.87. The maximum atomic E-state index is 10.8. The van der Waals surface area contributed by atoms with Crippen molar-refractivity contribution in [2.75, 3.05) is 6.61 Å². The number of aliphatic hydroxyl groups is 1. The molecule has 0 unspecified atom stereocenters. The molecule has 1 aliphatic carbocycles. The molecule has 1 saturated carbocycles. The van der Waals surface area contributed by atoms with Gasteiger partial charge in [-0.05, 0) is 43.7 Å². The first-order valence-corrected chi connectivity index (χ1v) is 9.32. The van der Waals surface area contributed by atoms with Gasteiger partial charge < -0.3 is 14.9 Å². The second-order valence-corrected chi connectivity index (χ2v) is 7.20. The van der Waals surface area contributed by atoms with E-state index in [0.29, 0.717) is 37.2 Å². The number of hydrogen-bond acceptors (Lipinski definition) is 4.